The lowest BCUT2D eigenvalue weighted by molar-refractivity contribution is -0.161. The lowest BCUT2D eigenvalue weighted by Crippen LogP contribution is -2.28. The van der Waals surface area contributed by atoms with E-state index in [0.717, 1.165) is 122 Å². The molecule has 0 aromatic rings. The molecule has 0 heterocycles. The van der Waals surface area contributed by atoms with Crippen LogP contribution < -0.4 is 0 Å². The van der Waals surface area contributed by atoms with Gasteiger partial charge in [-0.25, -0.2) is 0 Å². The van der Waals surface area contributed by atoms with E-state index in [9.17, 15) is 14.7 Å². The smallest absolute Gasteiger partial charge is 0.306 e. The fourth-order valence-electron chi connectivity index (χ4n) is 6.23. The molecule has 5 nitrogen and oxygen atoms in total. The molecule has 1 unspecified atom stereocenters. The SMILES string of the molecule is CC/C=C\C/C=C\C/C=C\C/C=C\C/C=C\C/C=C\C/C=C\CCCCCCCCCC(=O)OC(CO)COC(=O)CCC/C=C\C/C=C\C/C=C\C/C=C\C/C=C\C/C=C\C/C=C\CC. The summed E-state index contributed by atoms with van der Waals surface area (Å²) in [5.74, 6) is -0.690. The van der Waals surface area contributed by atoms with Crippen molar-refractivity contribution in [1.82, 2.24) is 0 Å². The molecule has 0 aliphatic rings. The normalized spacial score (nSPS) is 13.7. The number of ether oxygens (including phenoxy) is 2. The molecular formula is C61H92O5. The van der Waals surface area contributed by atoms with Crippen LogP contribution in [0.5, 0.6) is 0 Å². The number of hydrogen-bond donors (Lipinski definition) is 1. The third-order valence-electron chi connectivity index (χ3n) is 10.0. The van der Waals surface area contributed by atoms with Gasteiger partial charge in [0.05, 0.1) is 6.61 Å². The summed E-state index contributed by atoms with van der Waals surface area (Å²) in [5.41, 5.74) is 0. The number of carbonyl (C=O) groups is 2. The Morgan fingerprint density at radius 1 is 0.348 bits per heavy atom. The number of esters is 2. The van der Waals surface area contributed by atoms with Crippen molar-refractivity contribution in [2.45, 2.75) is 187 Å². The summed E-state index contributed by atoms with van der Waals surface area (Å²) in [5, 5.41) is 9.63. The molecular weight excluding hydrogens is 813 g/mol. The maximum absolute atomic E-state index is 12.3. The van der Waals surface area contributed by atoms with Gasteiger partial charge in [-0.3, -0.25) is 9.59 Å². The Balaban J connectivity index is 3.72. The minimum Gasteiger partial charge on any atom is -0.462 e. The Morgan fingerprint density at radius 2 is 0.621 bits per heavy atom. The summed E-state index contributed by atoms with van der Waals surface area (Å²) in [4.78, 5) is 24.4. The highest BCUT2D eigenvalue weighted by Gasteiger charge is 2.16. The predicted molar refractivity (Wildman–Crippen MR) is 287 cm³/mol. The van der Waals surface area contributed by atoms with E-state index in [-0.39, 0.29) is 31.6 Å². The van der Waals surface area contributed by atoms with Crippen molar-refractivity contribution < 1.29 is 24.2 Å². The van der Waals surface area contributed by atoms with Crippen LogP contribution in [0.15, 0.2) is 170 Å². The van der Waals surface area contributed by atoms with Crippen LogP contribution >= 0.6 is 0 Å². The van der Waals surface area contributed by atoms with Crippen molar-refractivity contribution in [2.24, 2.45) is 0 Å². The van der Waals surface area contributed by atoms with E-state index < -0.39 is 6.10 Å². The van der Waals surface area contributed by atoms with Crippen LogP contribution in [-0.4, -0.2) is 36.4 Å². The van der Waals surface area contributed by atoms with Gasteiger partial charge in [0.15, 0.2) is 6.10 Å². The minimum atomic E-state index is -0.817. The zero-order chi connectivity index (χ0) is 47.7. The zero-order valence-corrected chi connectivity index (χ0v) is 41.6. The number of allylic oxidation sites excluding steroid dienone is 28. The number of carbonyl (C=O) groups excluding carboxylic acids is 2. The Labute approximate surface area is 404 Å². The van der Waals surface area contributed by atoms with Gasteiger partial charge >= 0.3 is 11.9 Å². The monoisotopic (exact) mass is 905 g/mol. The lowest BCUT2D eigenvalue weighted by Gasteiger charge is -2.15. The fraction of sp³-hybridized carbons (Fsp3) is 0.508. The van der Waals surface area contributed by atoms with E-state index in [4.69, 9.17) is 9.47 Å². The number of unbranched alkanes of at least 4 members (excludes halogenated alkanes) is 8. The van der Waals surface area contributed by atoms with Crippen LogP contribution in [0, 0.1) is 0 Å². The van der Waals surface area contributed by atoms with Crippen molar-refractivity contribution in [1.29, 1.82) is 0 Å². The average Bonchev–Trinajstić information content (AvgIpc) is 3.32. The Kier molecular flexibility index (Phi) is 50.7. The topological polar surface area (TPSA) is 72.8 Å². The first-order valence-electron chi connectivity index (χ1n) is 25.7. The molecule has 0 aromatic heterocycles. The fourth-order valence-corrected chi connectivity index (χ4v) is 6.23. The first kappa shape index (κ1) is 61.3. The minimum absolute atomic E-state index is 0.114. The molecule has 0 rings (SSSR count). The number of rotatable bonds is 44. The molecule has 0 spiro atoms. The van der Waals surface area contributed by atoms with Gasteiger partial charge < -0.3 is 14.6 Å². The first-order valence-corrected chi connectivity index (χ1v) is 25.7. The Bertz CT molecular complexity index is 1540. The summed E-state index contributed by atoms with van der Waals surface area (Å²) in [7, 11) is 0. The zero-order valence-electron chi connectivity index (χ0n) is 41.6. The van der Waals surface area contributed by atoms with Crippen LogP contribution in [0.25, 0.3) is 0 Å². The van der Waals surface area contributed by atoms with Gasteiger partial charge in [-0.2, -0.15) is 0 Å². The van der Waals surface area contributed by atoms with Gasteiger partial charge in [-0.15, -0.1) is 0 Å². The largest absolute Gasteiger partial charge is 0.462 e. The number of hydrogen-bond acceptors (Lipinski definition) is 5. The molecule has 0 saturated carbocycles. The molecule has 1 N–H and O–H groups in total. The summed E-state index contributed by atoms with van der Waals surface area (Å²) in [6.45, 7) is 3.83. The van der Waals surface area contributed by atoms with Gasteiger partial charge in [0.25, 0.3) is 0 Å². The number of aliphatic hydroxyl groups is 1. The summed E-state index contributed by atoms with van der Waals surface area (Å²) in [6, 6.07) is 0. The van der Waals surface area contributed by atoms with E-state index in [2.05, 4.69) is 184 Å². The maximum atomic E-state index is 12.3. The van der Waals surface area contributed by atoms with Crippen molar-refractivity contribution in [3.05, 3.63) is 170 Å². The maximum Gasteiger partial charge on any atom is 0.306 e. The molecule has 0 aromatic carbocycles. The molecule has 0 radical (unpaired) electrons. The number of aliphatic hydroxyl groups excluding tert-OH is 1. The standard InChI is InChI=1S/C61H92O5/c1-3-5-7-9-11-13-15-17-19-21-23-25-27-28-29-30-31-32-34-36-38-40-42-44-46-48-50-52-54-56-61(64)66-59(57-62)58-65-60(63)55-53-51-49-47-45-43-41-39-37-35-33-26-24-22-20-18-16-14-12-10-8-6-4-2/h5-8,11-14,17-20,23-26,28-29,31-32,35-38,41,43,47,49,59,62H,3-4,9-10,15-16,21-22,27,30,33-34,39-40,42,44-46,48,50-58H2,1-2H3/b7-5-,8-6-,13-11-,14-12-,19-17-,20-18-,25-23-,26-24-,29-28-,32-31-,37-35-,38-36-,43-41-,49-47-. The molecule has 0 aliphatic heterocycles. The summed E-state index contributed by atoms with van der Waals surface area (Å²) in [6.07, 6.45) is 85.8. The molecule has 0 saturated heterocycles. The van der Waals surface area contributed by atoms with Gasteiger partial charge in [0.1, 0.15) is 6.61 Å². The van der Waals surface area contributed by atoms with Crippen LogP contribution in [0.1, 0.15) is 181 Å². The lowest BCUT2D eigenvalue weighted by atomic mass is 10.1. The third-order valence-corrected chi connectivity index (χ3v) is 10.0. The Morgan fingerprint density at radius 3 is 0.955 bits per heavy atom. The molecule has 0 amide bonds. The second-order valence-corrected chi connectivity index (χ2v) is 16.1. The van der Waals surface area contributed by atoms with E-state index in [1.165, 1.54) is 25.7 Å². The van der Waals surface area contributed by atoms with Crippen molar-refractivity contribution in [3.8, 4) is 0 Å². The quantitative estimate of drug-likeness (QED) is 0.0375. The van der Waals surface area contributed by atoms with Crippen molar-refractivity contribution >= 4 is 11.9 Å². The van der Waals surface area contributed by atoms with E-state index >= 15 is 0 Å². The third kappa shape index (κ3) is 51.9. The Hall–Kier alpha value is -4.74. The van der Waals surface area contributed by atoms with Gasteiger partial charge in [-0.1, -0.05) is 216 Å². The van der Waals surface area contributed by atoms with Crippen molar-refractivity contribution in [3.63, 3.8) is 0 Å². The molecule has 66 heavy (non-hydrogen) atoms. The molecule has 0 aliphatic carbocycles. The molecule has 1 atom stereocenters. The van der Waals surface area contributed by atoms with E-state index in [1.807, 2.05) is 0 Å². The van der Waals surface area contributed by atoms with Crippen LogP contribution in [0.3, 0.4) is 0 Å². The van der Waals surface area contributed by atoms with Gasteiger partial charge in [0, 0.05) is 12.8 Å². The summed E-state index contributed by atoms with van der Waals surface area (Å²) < 4.78 is 10.6. The second-order valence-electron chi connectivity index (χ2n) is 16.1. The van der Waals surface area contributed by atoms with Crippen LogP contribution in [0.2, 0.25) is 0 Å². The highest BCUT2D eigenvalue weighted by Crippen LogP contribution is 2.12. The molecule has 0 bridgehead atoms. The van der Waals surface area contributed by atoms with Crippen molar-refractivity contribution in [2.75, 3.05) is 13.2 Å². The van der Waals surface area contributed by atoms with E-state index in [1.54, 1.807) is 0 Å². The predicted octanol–water partition coefficient (Wildman–Crippen LogP) is 17.4. The van der Waals surface area contributed by atoms with Gasteiger partial charge in [0.2, 0.25) is 0 Å². The van der Waals surface area contributed by atoms with Crippen LogP contribution in [-0.2, 0) is 19.1 Å². The van der Waals surface area contributed by atoms with E-state index in [0.29, 0.717) is 12.8 Å². The molecule has 366 valence electrons. The second kappa shape index (κ2) is 54.6. The van der Waals surface area contributed by atoms with Gasteiger partial charge in [-0.05, 0) is 122 Å². The average molecular weight is 905 g/mol. The highest BCUT2D eigenvalue weighted by molar-refractivity contribution is 5.70. The summed E-state index contributed by atoms with van der Waals surface area (Å²) >= 11 is 0. The highest BCUT2D eigenvalue weighted by atomic mass is 16.6. The first-order chi connectivity index (χ1) is 32.6. The van der Waals surface area contributed by atoms with Crippen LogP contribution in [0.4, 0.5) is 0 Å². The molecule has 5 heteroatoms. The molecule has 0 fully saturated rings.